The molecule has 0 aliphatic heterocycles. The van der Waals surface area contributed by atoms with Gasteiger partial charge in [0, 0.05) is 6.20 Å². The topological polar surface area (TPSA) is 111 Å². The van der Waals surface area contributed by atoms with Crippen LogP contribution in [0.2, 0.25) is 5.15 Å². The molecule has 0 radical (unpaired) electrons. The Morgan fingerprint density at radius 2 is 2.06 bits per heavy atom. The molecule has 2 aromatic heterocycles. The Balaban J connectivity index is 2.49. The largest absolute Gasteiger partial charge is 0.478 e. The van der Waals surface area contributed by atoms with Gasteiger partial charge in [-0.25, -0.2) is 14.5 Å². The number of rotatable bonds is 3. The molecule has 18 heavy (non-hydrogen) atoms. The fourth-order valence-corrected chi connectivity index (χ4v) is 1.50. The van der Waals surface area contributed by atoms with Crippen LogP contribution in [-0.2, 0) is 0 Å². The van der Waals surface area contributed by atoms with Gasteiger partial charge in [0.2, 0.25) is 0 Å². The molecule has 2 heterocycles. The van der Waals surface area contributed by atoms with Gasteiger partial charge in [0.15, 0.2) is 5.82 Å². The summed E-state index contributed by atoms with van der Waals surface area (Å²) in [5.74, 6) is -1.59. The smallest absolute Gasteiger partial charge is 0.335 e. The van der Waals surface area contributed by atoms with Gasteiger partial charge in [0.1, 0.15) is 5.15 Å². The molecule has 0 spiro atoms. The number of amides is 1. The van der Waals surface area contributed by atoms with Crippen LogP contribution < -0.4 is 5.73 Å². The number of primary amides is 1. The van der Waals surface area contributed by atoms with E-state index in [1.807, 2.05) is 0 Å². The second kappa shape index (κ2) is 4.46. The quantitative estimate of drug-likeness (QED) is 0.795. The van der Waals surface area contributed by atoms with Gasteiger partial charge in [-0.1, -0.05) is 11.6 Å². The highest BCUT2D eigenvalue weighted by Crippen LogP contribution is 2.14. The van der Waals surface area contributed by atoms with E-state index in [4.69, 9.17) is 22.4 Å². The van der Waals surface area contributed by atoms with E-state index in [0.717, 1.165) is 0 Å². The predicted molar refractivity (Wildman–Crippen MR) is 61.8 cm³/mol. The highest BCUT2D eigenvalue weighted by molar-refractivity contribution is 6.29. The molecule has 0 saturated carbocycles. The number of carboxylic acids is 1. The van der Waals surface area contributed by atoms with Crippen LogP contribution in [0.25, 0.3) is 5.82 Å². The molecule has 0 atom stereocenters. The molecule has 3 N–H and O–H groups in total. The molecular weight excluding hydrogens is 260 g/mol. The van der Waals surface area contributed by atoms with E-state index in [2.05, 4.69) is 10.1 Å². The molecule has 0 saturated heterocycles. The SMILES string of the molecule is NC(=O)c1cnn(-c2cc(C(=O)O)cc(Cl)n2)c1. The second-order valence-electron chi connectivity index (χ2n) is 3.38. The Morgan fingerprint density at radius 1 is 1.33 bits per heavy atom. The fourth-order valence-electron chi connectivity index (χ4n) is 1.30. The number of pyridine rings is 1. The molecule has 0 bridgehead atoms. The van der Waals surface area contributed by atoms with Crippen LogP contribution in [0.4, 0.5) is 0 Å². The molecule has 2 rings (SSSR count). The van der Waals surface area contributed by atoms with Crippen LogP contribution in [0.15, 0.2) is 24.5 Å². The molecule has 8 heteroatoms. The van der Waals surface area contributed by atoms with Crippen molar-refractivity contribution in [1.29, 1.82) is 0 Å². The minimum absolute atomic E-state index is 0.0148. The number of carboxylic acid groups (broad SMARTS) is 1. The van der Waals surface area contributed by atoms with E-state index >= 15 is 0 Å². The van der Waals surface area contributed by atoms with Crippen molar-refractivity contribution in [2.24, 2.45) is 5.73 Å². The van der Waals surface area contributed by atoms with Crippen LogP contribution in [0.3, 0.4) is 0 Å². The lowest BCUT2D eigenvalue weighted by Crippen LogP contribution is -2.09. The number of nitrogens with two attached hydrogens (primary N) is 1. The summed E-state index contributed by atoms with van der Waals surface area (Å²) in [5.41, 5.74) is 5.24. The fraction of sp³-hybridized carbons (Fsp3) is 0. The second-order valence-corrected chi connectivity index (χ2v) is 3.77. The lowest BCUT2D eigenvalue weighted by atomic mass is 10.2. The summed E-state index contributed by atoms with van der Waals surface area (Å²) in [6, 6.07) is 2.50. The van der Waals surface area contributed by atoms with Crippen LogP contribution in [0, 0.1) is 0 Å². The number of hydrogen-bond acceptors (Lipinski definition) is 4. The Bertz CT molecular complexity index is 638. The zero-order chi connectivity index (χ0) is 13.3. The zero-order valence-corrected chi connectivity index (χ0v) is 9.63. The molecule has 0 aromatic carbocycles. The first-order valence-electron chi connectivity index (χ1n) is 4.73. The minimum atomic E-state index is -1.14. The highest BCUT2D eigenvalue weighted by atomic mass is 35.5. The number of nitrogens with zero attached hydrogens (tertiary/aromatic N) is 3. The first-order chi connectivity index (χ1) is 8.47. The minimum Gasteiger partial charge on any atom is -0.478 e. The molecule has 0 aliphatic rings. The molecule has 0 aliphatic carbocycles. The van der Waals surface area contributed by atoms with E-state index in [-0.39, 0.29) is 22.1 Å². The van der Waals surface area contributed by atoms with E-state index in [0.29, 0.717) is 0 Å². The number of aromatic carboxylic acids is 1. The predicted octanol–water partition coefficient (Wildman–Crippen LogP) is 0.718. The van der Waals surface area contributed by atoms with Gasteiger partial charge in [0.05, 0.1) is 17.3 Å². The maximum atomic E-state index is 10.9. The highest BCUT2D eigenvalue weighted by Gasteiger charge is 2.11. The number of carbonyl (C=O) groups excluding carboxylic acids is 1. The first-order valence-corrected chi connectivity index (χ1v) is 5.11. The molecule has 0 fully saturated rings. The Kier molecular flexibility index (Phi) is 2.99. The zero-order valence-electron chi connectivity index (χ0n) is 8.87. The van der Waals surface area contributed by atoms with Gasteiger partial charge < -0.3 is 10.8 Å². The van der Waals surface area contributed by atoms with Gasteiger partial charge in [0.25, 0.3) is 5.91 Å². The number of aromatic nitrogens is 3. The van der Waals surface area contributed by atoms with E-state index in [1.165, 1.54) is 29.2 Å². The van der Waals surface area contributed by atoms with E-state index < -0.39 is 11.9 Å². The third-order valence-electron chi connectivity index (χ3n) is 2.13. The third kappa shape index (κ3) is 2.30. The Morgan fingerprint density at radius 3 is 2.61 bits per heavy atom. The third-order valence-corrected chi connectivity index (χ3v) is 2.32. The van der Waals surface area contributed by atoms with E-state index in [9.17, 15) is 9.59 Å². The molecule has 2 aromatic rings. The average molecular weight is 267 g/mol. The summed E-state index contributed by atoms with van der Waals surface area (Å²) >= 11 is 5.71. The summed E-state index contributed by atoms with van der Waals surface area (Å²) in [6.07, 6.45) is 2.60. The van der Waals surface area contributed by atoms with Crippen molar-refractivity contribution in [2.75, 3.05) is 0 Å². The van der Waals surface area contributed by atoms with Crippen molar-refractivity contribution in [2.45, 2.75) is 0 Å². The van der Waals surface area contributed by atoms with Crippen LogP contribution in [0.5, 0.6) is 0 Å². The lowest BCUT2D eigenvalue weighted by molar-refractivity contribution is 0.0696. The molecule has 7 nitrogen and oxygen atoms in total. The number of carbonyl (C=O) groups is 2. The van der Waals surface area contributed by atoms with Gasteiger partial charge in [-0.15, -0.1) is 0 Å². The van der Waals surface area contributed by atoms with Crippen molar-refractivity contribution >= 4 is 23.5 Å². The maximum absolute atomic E-state index is 10.9. The molecule has 0 unspecified atom stereocenters. The summed E-state index contributed by atoms with van der Waals surface area (Å²) in [7, 11) is 0. The Hall–Kier alpha value is -2.41. The lowest BCUT2D eigenvalue weighted by Gasteiger charge is -2.02. The summed E-state index contributed by atoms with van der Waals surface area (Å²) < 4.78 is 1.22. The summed E-state index contributed by atoms with van der Waals surface area (Å²) in [4.78, 5) is 25.7. The van der Waals surface area contributed by atoms with Crippen molar-refractivity contribution in [3.8, 4) is 5.82 Å². The van der Waals surface area contributed by atoms with Crippen molar-refractivity contribution in [3.05, 3.63) is 40.8 Å². The van der Waals surface area contributed by atoms with Crippen molar-refractivity contribution in [3.63, 3.8) is 0 Å². The van der Waals surface area contributed by atoms with Crippen LogP contribution in [0.1, 0.15) is 20.7 Å². The van der Waals surface area contributed by atoms with E-state index in [1.54, 1.807) is 0 Å². The molecule has 92 valence electrons. The summed E-state index contributed by atoms with van der Waals surface area (Å²) in [5, 5.41) is 12.7. The normalized spacial score (nSPS) is 10.3. The van der Waals surface area contributed by atoms with Crippen LogP contribution in [-0.4, -0.2) is 31.7 Å². The first kappa shape index (κ1) is 12.1. The summed E-state index contributed by atoms with van der Waals surface area (Å²) in [6.45, 7) is 0. The Labute approximate surface area is 106 Å². The number of hydrogen-bond donors (Lipinski definition) is 2. The monoisotopic (exact) mass is 266 g/mol. The van der Waals surface area contributed by atoms with Gasteiger partial charge in [-0.3, -0.25) is 4.79 Å². The van der Waals surface area contributed by atoms with Gasteiger partial charge in [-0.2, -0.15) is 5.10 Å². The van der Waals surface area contributed by atoms with Crippen LogP contribution >= 0.6 is 11.6 Å². The number of halogens is 1. The maximum Gasteiger partial charge on any atom is 0.335 e. The van der Waals surface area contributed by atoms with Crippen molar-refractivity contribution in [1.82, 2.24) is 14.8 Å². The molecule has 1 amide bonds. The standard InChI is InChI=1S/C10H7ClN4O3/c11-7-1-5(10(17)18)2-8(14-7)15-4-6(3-13-15)9(12)16/h1-4H,(H2,12,16)(H,17,18). The van der Waals surface area contributed by atoms with Crippen molar-refractivity contribution < 1.29 is 14.7 Å². The van der Waals surface area contributed by atoms with Gasteiger partial charge >= 0.3 is 5.97 Å². The molecular formula is C10H7ClN4O3. The average Bonchev–Trinajstić information content (AvgIpc) is 2.77. The van der Waals surface area contributed by atoms with Gasteiger partial charge in [-0.05, 0) is 12.1 Å².